The molecule has 0 heterocycles. The summed E-state index contributed by atoms with van der Waals surface area (Å²) >= 11 is 0. The lowest BCUT2D eigenvalue weighted by molar-refractivity contribution is 0.413. The van der Waals surface area contributed by atoms with E-state index in [0.29, 0.717) is 34.0 Å². The molecule has 2 aromatic rings. The molecule has 0 spiro atoms. The lowest BCUT2D eigenvalue weighted by Gasteiger charge is -2.05. The number of anilines is 2. The normalized spacial score (nSPS) is 9.00. The van der Waals surface area contributed by atoms with E-state index in [4.69, 9.17) is 20.9 Å². The third-order valence-corrected chi connectivity index (χ3v) is 2.93. The van der Waals surface area contributed by atoms with Crippen molar-refractivity contribution >= 4 is 11.4 Å². The maximum atomic E-state index is 5.82. The van der Waals surface area contributed by atoms with E-state index >= 15 is 0 Å². The van der Waals surface area contributed by atoms with E-state index in [1.54, 1.807) is 38.5 Å². The first-order valence-corrected chi connectivity index (χ1v) is 6.53. The van der Waals surface area contributed by atoms with Gasteiger partial charge in [0.2, 0.25) is 0 Å². The zero-order valence-corrected chi connectivity index (χ0v) is 12.4. The van der Waals surface area contributed by atoms with E-state index < -0.39 is 0 Å². The minimum atomic E-state index is 0.541. The monoisotopic (exact) mass is 292 g/mol. The highest BCUT2D eigenvalue weighted by Crippen LogP contribution is 2.24. The fourth-order valence-electron chi connectivity index (χ4n) is 1.90. The number of hydrogen-bond donors (Lipinski definition) is 2. The Labute approximate surface area is 130 Å². The molecule has 0 bridgehead atoms. The van der Waals surface area contributed by atoms with Crippen LogP contribution in [0.25, 0.3) is 0 Å². The zero-order chi connectivity index (χ0) is 15.9. The minimum absolute atomic E-state index is 0.541. The Hall–Kier alpha value is -3.24. The van der Waals surface area contributed by atoms with Gasteiger partial charge in [0.1, 0.15) is 5.75 Å². The number of methoxy groups -OCH3 is 2. The van der Waals surface area contributed by atoms with Gasteiger partial charge in [0.15, 0.2) is 5.75 Å². The molecule has 22 heavy (non-hydrogen) atoms. The van der Waals surface area contributed by atoms with Gasteiger partial charge in [-0.1, -0.05) is 6.07 Å². The van der Waals surface area contributed by atoms with E-state index in [9.17, 15) is 0 Å². The summed E-state index contributed by atoms with van der Waals surface area (Å²) in [5, 5.41) is 0. The van der Waals surface area contributed by atoms with Crippen LogP contribution in [0.2, 0.25) is 0 Å². The molecule has 0 aliphatic carbocycles. The van der Waals surface area contributed by atoms with Crippen LogP contribution in [0.15, 0.2) is 36.4 Å². The molecule has 0 aromatic heterocycles. The lowest BCUT2D eigenvalue weighted by Crippen LogP contribution is -1.94. The molecule has 4 heteroatoms. The number of hydrogen-bond acceptors (Lipinski definition) is 4. The summed E-state index contributed by atoms with van der Waals surface area (Å²) in [7, 11) is 3.14. The molecule has 2 aromatic carbocycles. The van der Waals surface area contributed by atoms with Crippen molar-refractivity contribution in [2.45, 2.75) is 0 Å². The van der Waals surface area contributed by atoms with Crippen LogP contribution in [0.4, 0.5) is 11.4 Å². The van der Waals surface area contributed by atoms with Gasteiger partial charge in [0.05, 0.1) is 31.0 Å². The van der Waals surface area contributed by atoms with Crippen LogP contribution in [0.5, 0.6) is 11.5 Å². The molecule has 0 unspecified atom stereocenters. The SMILES string of the molecule is COc1ccc(N)cc1C#CC#Cc1cccc(N)c1OC. The second-order valence-electron chi connectivity index (χ2n) is 4.39. The first kappa shape index (κ1) is 15.2. The zero-order valence-electron chi connectivity index (χ0n) is 12.4. The predicted molar refractivity (Wildman–Crippen MR) is 88.6 cm³/mol. The van der Waals surface area contributed by atoms with Crippen LogP contribution in [0.3, 0.4) is 0 Å². The molecule has 0 radical (unpaired) electrons. The number of ether oxygens (including phenoxy) is 2. The highest BCUT2D eigenvalue weighted by Gasteiger charge is 2.03. The van der Waals surface area contributed by atoms with Crippen molar-refractivity contribution in [3.63, 3.8) is 0 Å². The number of rotatable bonds is 2. The number of nitrogen functional groups attached to an aromatic ring is 2. The van der Waals surface area contributed by atoms with Crippen LogP contribution in [-0.2, 0) is 0 Å². The summed E-state index contributed by atoms with van der Waals surface area (Å²) < 4.78 is 10.5. The van der Waals surface area contributed by atoms with Crippen molar-refractivity contribution in [1.29, 1.82) is 0 Å². The topological polar surface area (TPSA) is 70.5 Å². The van der Waals surface area contributed by atoms with Gasteiger partial charge in [-0.2, -0.15) is 0 Å². The Morgan fingerprint density at radius 1 is 0.864 bits per heavy atom. The van der Waals surface area contributed by atoms with E-state index in [1.165, 1.54) is 0 Å². The summed E-state index contributed by atoms with van der Waals surface area (Å²) in [6.07, 6.45) is 0. The molecule has 0 saturated heterocycles. The average molecular weight is 292 g/mol. The van der Waals surface area contributed by atoms with Gasteiger partial charge in [-0.05, 0) is 54.0 Å². The Balaban J connectivity index is 2.30. The van der Waals surface area contributed by atoms with Gasteiger partial charge >= 0.3 is 0 Å². The van der Waals surface area contributed by atoms with Crippen LogP contribution < -0.4 is 20.9 Å². The lowest BCUT2D eigenvalue weighted by atomic mass is 10.1. The molecule has 4 N–H and O–H groups in total. The summed E-state index contributed by atoms with van der Waals surface area (Å²) in [6.45, 7) is 0. The molecule has 2 rings (SSSR count). The summed E-state index contributed by atoms with van der Waals surface area (Å²) in [5.74, 6) is 12.6. The fourth-order valence-corrected chi connectivity index (χ4v) is 1.90. The summed E-state index contributed by atoms with van der Waals surface area (Å²) in [6, 6.07) is 10.7. The van der Waals surface area contributed by atoms with Crippen molar-refractivity contribution in [3.05, 3.63) is 47.5 Å². The first-order chi connectivity index (χ1) is 10.7. The maximum Gasteiger partial charge on any atom is 0.157 e. The molecule has 0 aliphatic heterocycles. The van der Waals surface area contributed by atoms with E-state index in [-0.39, 0.29) is 0 Å². The van der Waals surface area contributed by atoms with Crippen molar-refractivity contribution in [2.75, 3.05) is 25.7 Å². The van der Waals surface area contributed by atoms with E-state index in [2.05, 4.69) is 23.7 Å². The van der Waals surface area contributed by atoms with Crippen LogP contribution >= 0.6 is 0 Å². The van der Waals surface area contributed by atoms with Gasteiger partial charge in [-0.3, -0.25) is 0 Å². The molecule has 0 amide bonds. The van der Waals surface area contributed by atoms with Crippen molar-refractivity contribution in [2.24, 2.45) is 0 Å². The molecule has 0 atom stereocenters. The fraction of sp³-hybridized carbons (Fsp3) is 0.111. The third kappa shape index (κ3) is 3.45. The van der Waals surface area contributed by atoms with Gasteiger partial charge in [0.25, 0.3) is 0 Å². The average Bonchev–Trinajstić information content (AvgIpc) is 2.52. The first-order valence-electron chi connectivity index (χ1n) is 6.53. The quantitative estimate of drug-likeness (QED) is 0.658. The van der Waals surface area contributed by atoms with Crippen LogP contribution in [0.1, 0.15) is 11.1 Å². The number of para-hydroxylation sites is 1. The van der Waals surface area contributed by atoms with Crippen LogP contribution in [0, 0.1) is 23.7 Å². The number of nitrogens with two attached hydrogens (primary N) is 2. The minimum Gasteiger partial charge on any atom is -0.495 e. The third-order valence-electron chi connectivity index (χ3n) is 2.93. The van der Waals surface area contributed by atoms with Gasteiger partial charge in [-0.15, -0.1) is 0 Å². The van der Waals surface area contributed by atoms with Crippen molar-refractivity contribution in [1.82, 2.24) is 0 Å². The molecule has 0 aliphatic rings. The molecule has 4 nitrogen and oxygen atoms in total. The summed E-state index contributed by atoms with van der Waals surface area (Å²) in [5.41, 5.74) is 14.1. The standard InChI is InChI=1S/C18H16N2O2/c1-21-17-11-10-15(19)12-14(17)7-4-3-6-13-8-5-9-16(20)18(13)22-2/h5,8-12H,19-20H2,1-2H3. The van der Waals surface area contributed by atoms with E-state index in [1.807, 2.05) is 12.1 Å². The predicted octanol–water partition coefficient (Wildman–Crippen LogP) is 2.27. The Kier molecular flexibility index (Phi) is 4.80. The van der Waals surface area contributed by atoms with Gasteiger partial charge in [0, 0.05) is 5.69 Å². The molecular weight excluding hydrogens is 276 g/mol. The smallest absolute Gasteiger partial charge is 0.157 e. The largest absolute Gasteiger partial charge is 0.495 e. The molecule has 110 valence electrons. The van der Waals surface area contributed by atoms with E-state index in [0.717, 1.165) is 0 Å². The number of benzene rings is 2. The Morgan fingerprint density at radius 2 is 1.59 bits per heavy atom. The van der Waals surface area contributed by atoms with Crippen LogP contribution in [-0.4, -0.2) is 14.2 Å². The van der Waals surface area contributed by atoms with Crippen molar-refractivity contribution in [3.8, 4) is 35.2 Å². The van der Waals surface area contributed by atoms with Gasteiger partial charge in [-0.25, -0.2) is 0 Å². The highest BCUT2D eigenvalue weighted by molar-refractivity contribution is 5.63. The maximum absolute atomic E-state index is 5.82. The summed E-state index contributed by atoms with van der Waals surface area (Å²) in [4.78, 5) is 0. The molecule has 0 saturated carbocycles. The molecular formula is C18H16N2O2. The molecule has 0 fully saturated rings. The van der Waals surface area contributed by atoms with Gasteiger partial charge < -0.3 is 20.9 Å². The Morgan fingerprint density at radius 3 is 2.27 bits per heavy atom. The second-order valence-corrected chi connectivity index (χ2v) is 4.39. The highest BCUT2D eigenvalue weighted by atomic mass is 16.5. The van der Waals surface area contributed by atoms with Crippen molar-refractivity contribution < 1.29 is 9.47 Å². The Bertz CT molecular complexity index is 787. The second kappa shape index (κ2) is 6.97.